The maximum atomic E-state index is 11.8. The van der Waals surface area contributed by atoms with Gasteiger partial charge in [0.15, 0.2) is 0 Å². The fraction of sp³-hybridized carbons (Fsp3) is 0.462. The molecule has 0 fully saturated rings. The third kappa shape index (κ3) is 5.08. The highest BCUT2D eigenvalue weighted by atomic mass is 79.9. The number of carbonyl (C=O) groups is 1. The van der Waals surface area contributed by atoms with Gasteiger partial charge in [-0.1, -0.05) is 15.9 Å². The summed E-state index contributed by atoms with van der Waals surface area (Å²) in [6, 6.07) is 5.23. The van der Waals surface area contributed by atoms with Crippen LogP contribution >= 0.6 is 15.9 Å². The third-order valence-electron chi connectivity index (χ3n) is 2.53. The van der Waals surface area contributed by atoms with Crippen LogP contribution in [0, 0.1) is 0 Å². The van der Waals surface area contributed by atoms with Gasteiger partial charge in [-0.05, 0) is 25.1 Å². The van der Waals surface area contributed by atoms with Gasteiger partial charge >= 0.3 is 0 Å². The SMILES string of the molecule is COCCNC(=O)C(C)Nc1cc(Br)ccc1OC. The van der Waals surface area contributed by atoms with Crippen LogP contribution in [-0.4, -0.2) is 39.3 Å². The molecule has 1 amide bonds. The zero-order chi connectivity index (χ0) is 14.3. The lowest BCUT2D eigenvalue weighted by atomic mass is 10.2. The van der Waals surface area contributed by atoms with Crippen molar-refractivity contribution in [2.45, 2.75) is 13.0 Å². The minimum absolute atomic E-state index is 0.0842. The van der Waals surface area contributed by atoms with Crippen molar-refractivity contribution in [1.29, 1.82) is 0 Å². The first-order valence-corrected chi connectivity index (χ1v) is 6.74. The van der Waals surface area contributed by atoms with Crippen LogP contribution in [0.15, 0.2) is 22.7 Å². The van der Waals surface area contributed by atoms with Crippen LogP contribution in [0.5, 0.6) is 5.75 Å². The van der Waals surface area contributed by atoms with Crippen LogP contribution in [0.1, 0.15) is 6.92 Å². The molecule has 0 aliphatic carbocycles. The number of benzene rings is 1. The minimum Gasteiger partial charge on any atom is -0.495 e. The van der Waals surface area contributed by atoms with E-state index in [1.165, 1.54) is 0 Å². The van der Waals surface area contributed by atoms with E-state index >= 15 is 0 Å². The molecule has 0 spiro atoms. The van der Waals surface area contributed by atoms with Gasteiger partial charge in [-0.2, -0.15) is 0 Å². The number of methoxy groups -OCH3 is 2. The van der Waals surface area contributed by atoms with Crippen molar-refractivity contribution in [3.05, 3.63) is 22.7 Å². The van der Waals surface area contributed by atoms with E-state index in [2.05, 4.69) is 26.6 Å². The summed E-state index contributed by atoms with van der Waals surface area (Å²) in [4.78, 5) is 11.8. The van der Waals surface area contributed by atoms with E-state index in [1.807, 2.05) is 18.2 Å². The van der Waals surface area contributed by atoms with E-state index in [0.29, 0.717) is 18.9 Å². The molecule has 0 aliphatic rings. The van der Waals surface area contributed by atoms with Gasteiger partial charge in [-0.25, -0.2) is 0 Å². The Morgan fingerprint density at radius 3 is 2.79 bits per heavy atom. The third-order valence-corrected chi connectivity index (χ3v) is 3.03. The summed E-state index contributed by atoms with van der Waals surface area (Å²) in [5.41, 5.74) is 0.770. The molecule has 0 saturated heterocycles. The molecule has 1 aromatic carbocycles. The molecule has 19 heavy (non-hydrogen) atoms. The van der Waals surface area contributed by atoms with Crippen LogP contribution in [0.2, 0.25) is 0 Å². The van der Waals surface area contributed by atoms with Gasteiger partial charge in [0.2, 0.25) is 5.91 Å². The number of anilines is 1. The number of rotatable bonds is 7. The van der Waals surface area contributed by atoms with E-state index in [-0.39, 0.29) is 11.9 Å². The summed E-state index contributed by atoms with van der Waals surface area (Å²) in [6.07, 6.45) is 0. The summed E-state index contributed by atoms with van der Waals surface area (Å²) in [5.74, 6) is 0.610. The predicted octanol–water partition coefficient (Wildman–Crippen LogP) is 2.02. The molecule has 0 bridgehead atoms. The number of halogens is 1. The molecule has 0 aromatic heterocycles. The van der Waals surface area contributed by atoms with Gasteiger partial charge in [-0.3, -0.25) is 4.79 Å². The monoisotopic (exact) mass is 330 g/mol. The highest BCUT2D eigenvalue weighted by Gasteiger charge is 2.14. The van der Waals surface area contributed by atoms with Crippen molar-refractivity contribution in [2.24, 2.45) is 0 Å². The van der Waals surface area contributed by atoms with Crippen LogP contribution in [-0.2, 0) is 9.53 Å². The van der Waals surface area contributed by atoms with Crippen molar-refractivity contribution in [2.75, 3.05) is 32.7 Å². The Bertz CT molecular complexity index is 426. The first-order valence-electron chi connectivity index (χ1n) is 5.95. The molecular weight excluding hydrogens is 312 g/mol. The summed E-state index contributed by atoms with van der Waals surface area (Å²) < 4.78 is 11.0. The molecule has 0 radical (unpaired) electrons. The Labute approximate surface area is 121 Å². The fourth-order valence-corrected chi connectivity index (χ4v) is 1.88. The standard InChI is InChI=1S/C13H19BrN2O3/c1-9(13(17)15-6-7-18-2)16-11-8-10(14)4-5-12(11)19-3/h4-5,8-9,16H,6-7H2,1-3H3,(H,15,17). The summed E-state index contributed by atoms with van der Waals surface area (Å²) >= 11 is 3.39. The average molecular weight is 331 g/mol. The van der Waals surface area contributed by atoms with Gasteiger partial charge in [0.1, 0.15) is 11.8 Å². The Kier molecular flexibility index (Phi) is 6.66. The normalized spacial score (nSPS) is 11.8. The van der Waals surface area contributed by atoms with Crippen LogP contribution in [0.3, 0.4) is 0 Å². The van der Waals surface area contributed by atoms with E-state index in [1.54, 1.807) is 21.1 Å². The number of hydrogen-bond acceptors (Lipinski definition) is 4. The van der Waals surface area contributed by atoms with Crippen molar-refractivity contribution >= 4 is 27.5 Å². The zero-order valence-electron chi connectivity index (χ0n) is 11.3. The molecule has 106 valence electrons. The fourth-order valence-electron chi connectivity index (χ4n) is 1.52. The number of carbonyl (C=O) groups excluding carboxylic acids is 1. The zero-order valence-corrected chi connectivity index (χ0v) is 12.9. The van der Waals surface area contributed by atoms with Crippen molar-refractivity contribution in [3.8, 4) is 5.75 Å². The lowest BCUT2D eigenvalue weighted by Gasteiger charge is -2.17. The van der Waals surface area contributed by atoms with Gasteiger partial charge in [-0.15, -0.1) is 0 Å². The Hall–Kier alpha value is -1.27. The average Bonchev–Trinajstić information content (AvgIpc) is 2.39. The molecule has 6 heteroatoms. The second-order valence-electron chi connectivity index (χ2n) is 3.99. The second-order valence-corrected chi connectivity index (χ2v) is 4.91. The first-order chi connectivity index (χ1) is 9.08. The maximum Gasteiger partial charge on any atom is 0.242 e. The van der Waals surface area contributed by atoms with Gasteiger partial charge in [0, 0.05) is 18.1 Å². The molecule has 0 aliphatic heterocycles. The summed E-state index contributed by atoms with van der Waals surface area (Å²) in [7, 11) is 3.19. The van der Waals surface area contributed by atoms with Crippen molar-refractivity contribution < 1.29 is 14.3 Å². The molecule has 1 rings (SSSR count). The summed E-state index contributed by atoms with van der Waals surface area (Å²) in [6.45, 7) is 2.79. The second kappa shape index (κ2) is 8.01. The number of nitrogens with one attached hydrogen (secondary N) is 2. The van der Waals surface area contributed by atoms with E-state index in [0.717, 1.165) is 10.2 Å². The highest BCUT2D eigenvalue weighted by Crippen LogP contribution is 2.28. The lowest BCUT2D eigenvalue weighted by molar-refractivity contribution is -0.121. The van der Waals surface area contributed by atoms with Crippen LogP contribution in [0.25, 0.3) is 0 Å². The predicted molar refractivity (Wildman–Crippen MR) is 78.7 cm³/mol. The molecule has 0 heterocycles. The molecule has 1 aromatic rings. The lowest BCUT2D eigenvalue weighted by Crippen LogP contribution is -2.39. The number of hydrogen-bond donors (Lipinski definition) is 2. The van der Waals surface area contributed by atoms with Gasteiger partial charge in [0.25, 0.3) is 0 Å². The smallest absolute Gasteiger partial charge is 0.242 e. The molecule has 1 atom stereocenters. The van der Waals surface area contributed by atoms with Crippen molar-refractivity contribution in [3.63, 3.8) is 0 Å². The molecular formula is C13H19BrN2O3. The van der Waals surface area contributed by atoms with Crippen molar-refractivity contribution in [1.82, 2.24) is 5.32 Å². The largest absolute Gasteiger partial charge is 0.495 e. The van der Waals surface area contributed by atoms with Crippen LogP contribution in [0.4, 0.5) is 5.69 Å². The van der Waals surface area contributed by atoms with Gasteiger partial charge < -0.3 is 20.1 Å². The van der Waals surface area contributed by atoms with E-state index < -0.39 is 0 Å². The number of amides is 1. The Morgan fingerprint density at radius 2 is 2.16 bits per heavy atom. The topological polar surface area (TPSA) is 59.6 Å². The van der Waals surface area contributed by atoms with Gasteiger partial charge in [0.05, 0.1) is 19.4 Å². The summed E-state index contributed by atoms with van der Waals surface area (Å²) in [5, 5.41) is 5.90. The molecule has 0 saturated carbocycles. The quantitative estimate of drug-likeness (QED) is 0.751. The van der Waals surface area contributed by atoms with E-state index in [9.17, 15) is 4.79 Å². The number of ether oxygens (including phenoxy) is 2. The minimum atomic E-state index is -0.361. The highest BCUT2D eigenvalue weighted by molar-refractivity contribution is 9.10. The Balaban J connectivity index is 2.62. The first kappa shape index (κ1) is 15.8. The van der Waals surface area contributed by atoms with E-state index in [4.69, 9.17) is 9.47 Å². The maximum absolute atomic E-state index is 11.8. The molecule has 1 unspecified atom stereocenters. The molecule has 2 N–H and O–H groups in total. The Morgan fingerprint density at radius 1 is 1.42 bits per heavy atom. The van der Waals surface area contributed by atoms with Crippen LogP contribution < -0.4 is 15.4 Å². The molecule has 5 nitrogen and oxygen atoms in total.